The van der Waals surface area contributed by atoms with Gasteiger partial charge in [-0.3, -0.25) is 5.41 Å². The Balaban J connectivity index is 0.000001000. The summed E-state index contributed by atoms with van der Waals surface area (Å²) in [6.07, 6.45) is 0. The third-order valence-corrected chi connectivity index (χ3v) is 1.90. The van der Waals surface area contributed by atoms with E-state index in [9.17, 15) is 0 Å². The number of ether oxygens (including phenoxy) is 1. The van der Waals surface area contributed by atoms with Crippen molar-refractivity contribution in [2.75, 3.05) is 6.61 Å². The molecule has 1 rings (SSSR count). The normalized spacial score (nSPS) is 8.45. The second-order valence-electron chi connectivity index (χ2n) is 1.74. The number of hydrogen-bond acceptors (Lipinski definition) is 3. The molecular weight excluding hydrogens is 182 g/mol. The molecule has 0 fully saturated rings. The van der Waals surface area contributed by atoms with Crippen LogP contribution in [0.3, 0.4) is 0 Å². The monoisotopic (exact) mass is 191 g/mol. The highest BCUT2D eigenvalue weighted by Gasteiger charge is 1.99. The van der Waals surface area contributed by atoms with E-state index in [-0.39, 0.29) is 18.3 Å². The molecule has 11 heavy (non-hydrogen) atoms. The van der Waals surface area contributed by atoms with Gasteiger partial charge in [0.05, 0.1) is 11.5 Å². The lowest BCUT2D eigenvalue weighted by atomic mass is 10.5. The molecule has 0 aliphatic heterocycles. The molecule has 1 aromatic rings. The molecular formula is C7H10ClNOS. The first-order valence-electron chi connectivity index (χ1n) is 3.10. The van der Waals surface area contributed by atoms with E-state index in [1.54, 1.807) is 0 Å². The van der Waals surface area contributed by atoms with Crippen LogP contribution in [0.5, 0.6) is 0 Å². The first-order chi connectivity index (χ1) is 4.84. The smallest absolute Gasteiger partial charge is 0.223 e. The van der Waals surface area contributed by atoms with Crippen molar-refractivity contribution in [2.45, 2.75) is 6.92 Å². The van der Waals surface area contributed by atoms with Crippen molar-refractivity contribution >= 4 is 29.6 Å². The van der Waals surface area contributed by atoms with Crippen LogP contribution in [0.1, 0.15) is 11.8 Å². The summed E-state index contributed by atoms with van der Waals surface area (Å²) >= 11 is 1.52. The minimum absolute atomic E-state index is 0. The fourth-order valence-corrected chi connectivity index (χ4v) is 1.25. The highest BCUT2D eigenvalue weighted by Crippen LogP contribution is 2.09. The average molecular weight is 192 g/mol. The van der Waals surface area contributed by atoms with E-state index in [4.69, 9.17) is 10.1 Å². The van der Waals surface area contributed by atoms with Gasteiger partial charge in [-0.05, 0) is 18.4 Å². The lowest BCUT2D eigenvalue weighted by Gasteiger charge is -1.99. The largest absolute Gasteiger partial charge is 0.477 e. The minimum Gasteiger partial charge on any atom is -0.477 e. The summed E-state index contributed by atoms with van der Waals surface area (Å²) in [4.78, 5) is 0.891. The maximum atomic E-state index is 7.33. The fraction of sp³-hybridized carbons (Fsp3) is 0.286. The maximum absolute atomic E-state index is 7.33. The van der Waals surface area contributed by atoms with E-state index in [0.29, 0.717) is 6.61 Å². The van der Waals surface area contributed by atoms with Crippen LogP contribution in [0.4, 0.5) is 0 Å². The molecule has 62 valence electrons. The van der Waals surface area contributed by atoms with Gasteiger partial charge < -0.3 is 4.74 Å². The van der Waals surface area contributed by atoms with Crippen molar-refractivity contribution in [3.8, 4) is 0 Å². The van der Waals surface area contributed by atoms with Crippen molar-refractivity contribution in [1.82, 2.24) is 0 Å². The van der Waals surface area contributed by atoms with Crippen molar-refractivity contribution in [1.29, 1.82) is 5.41 Å². The minimum atomic E-state index is 0. The van der Waals surface area contributed by atoms with Gasteiger partial charge in [-0.2, -0.15) is 0 Å². The van der Waals surface area contributed by atoms with Gasteiger partial charge in [0.1, 0.15) is 0 Å². The van der Waals surface area contributed by atoms with E-state index >= 15 is 0 Å². The Morgan fingerprint density at radius 2 is 2.45 bits per heavy atom. The fourth-order valence-electron chi connectivity index (χ4n) is 0.623. The van der Waals surface area contributed by atoms with Gasteiger partial charge in [-0.25, -0.2) is 0 Å². The lowest BCUT2D eigenvalue weighted by molar-refractivity contribution is 0.326. The molecule has 0 spiro atoms. The summed E-state index contributed by atoms with van der Waals surface area (Å²) in [6.45, 7) is 2.44. The molecule has 2 nitrogen and oxygen atoms in total. The Labute approximate surface area is 76.1 Å². The first kappa shape index (κ1) is 10.5. The zero-order chi connectivity index (χ0) is 7.40. The molecule has 0 saturated heterocycles. The molecule has 0 amide bonds. The molecule has 0 aliphatic rings. The summed E-state index contributed by atoms with van der Waals surface area (Å²) in [7, 11) is 0. The van der Waals surface area contributed by atoms with Crippen LogP contribution < -0.4 is 0 Å². The van der Waals surface area contributed by atoms with Crippen molar-refractivity contribution in [2.24, 2.45) is 0 Å². The standard InChI is InChI=1S/C7H9NOS.ClH/c1-2-9-7(8)6-4-3-5-10-6;/h3-5,8H,2H2,1H3;1H. The quantitative estimate of drug-likeness (QED) is 0.566. The van der Waals surface area contributed by atoms with Gasteiger partial charge in [0, 0.05) is 0 Å². The second kappa shape index (κ2) is 5.16. The Hall–Kier alpha value is -0.540. The van der Waals surface area contributed by atoms with Gasteiger partial charge in [-0.15, -0.1) is 23.7 Å². The third kappa shape index (κ3) is 2.91. The molecule has 4 heteroatoms. The number of nitrogens with one attached hydrogen (secondary N) is 1. The number of rotatable bonds is 2. The van der Waals surface area contributed by atoms with Crippen molar-refractivity contribution in [3.05, 3.63) is 22.4 Å². The van der Waals surface area contributed by atoms with Gasteiger partial charge in [0.15, 0.2) is 0 Å². The molecule has 0 unspecified atom stereocenters. The van der Waals surface area contributed by atoms with E-state index < -0.39 is 0 Å². The van der Waals surface area contributed by atoms with Crippen molar-refractivity contribution < 1.29 is 4.74 Å². The molecule has 0 aliphatic carbocycles. The molecule has 0 saturated carbocycles. The highest BCUT2D eigenvalue weighted by atomic mass is 35.5. The van der Waals surface area contributed by atoms with Crippen LogP contribution in [0.25, 0.3) is 0 Å². The summed E-state index contributed by atoms with van der Waals surface area (Å²) < 4.78 is 4.98. The molecule has 1 aromatic heterocycles. The van der Waals surface area contributed by atoms with Crippen LogP contribution in [0, 0.1) is 5.41 Å². The first-order valence-corrected chi connectivity index (χ1v) is 3.97. The van der Waals surface area contributed by atoms with Gasteiger partial charge >= 0.3 is 0 Å². The number of halogens is 1. The third-order valence-electron chi connectivity index (χ3n) is 1.03. The predicted molar refractivity (Wildman–Crippen MR) is 50.0 cm³/mol. The summed E-state index contributed by atoms with van der Waals surface area (Å²) in [6, 6.07) is 3.79. The zero-order valence-corrected chi connectivity index (χ0v) is 7.80. The molecule has 1 heterocycles. The highest BCUT2D eigenvalue weighted by molar-refractivity contribution is 7.12. The van der Waals surface area contributed by atoms with E-state index in [1.165, 1.54) is 11.3 Å². The number of hydrogen-bond donors (Lipinski definition) is 1. The van der Waals surface area contributed by atoms with E-state index in [0.717, 1.165) is 4.88 Å². The molecule has 1 N–H and O–H groups in total. The van der Waals surface area contributed by atoms with Crippen molar-refractivity contribution in [3.63, 3.8) is 0 Å². The Morgan fingerprint density at radius 3 is 2.91 bits per heavy atom. The second-order valence-corrected chi connectivity index (χ2v) is 2.69. The van der Waals surface area contributed by atoms with Crippen LogP contribution in [-0.4, -0.2) is 12.5 Å². The molecule has 0 atom stereocenters. The van der Waals surface area contributed by atoms with Gasteiger partial charge in [0.25, 0.3) is 0 Å². The Kier molecular flexibility index (Phi) is 4.90. The topological polar surface area (TPSA) is 33.1 Å². The van der Waals surface area contributed by atoms with E-state index in [2.05, 4.69) is 0 Å². The SMILES string of the molecule is CCOC(=N)c1cccs1.Cl. The Morgan fingerprint density at radius 1 is 1.73 bits per heavy atom. The molecule has 0 aromatic carbocycles. The zero-order valence-electron chi connectivity index (χ0n) is 6.16. The van der Waals surface area contributed by atoms with Crippen LogP contribution >= 0.6 is 23.7 Å². The van der Waals surface area contributed by atoms with Crippen LogP contribution in [0.2, 0.25) is 0 Å². The maximum Gasteiger partial charge on any atom is 0.223 e. The van der Waals surface area contributed by atoms with E-state index in [1.807, 2.05) is 24.4 Å². The number of thiophene rings is 1. The van der Waals surface area contributed by atoms with Gasteiger partial charge in [-0.1, -0.05) is 6.07 Å². The molecule has 0 radical (unpaired) electrons. The van der Waals surface area contributed by atoms with Crippen LogP contribution in [-0.2, 0) is 4.74 Å². The predicted octanol–water partition coefficient (Wildman–Crippen LogP) is 2.53. The average Bonchev–Trinajstić information content (AvgIpc) is 2.38. The summed E-state index contributed by atoms with van der Waals surface area (Å²) in [5.74, 6) is 0.275. The lowest BCUT2D eigenvalue weighted by Crippen LogP contribution is -2.01. The van der Waals surface area contributed by atoms with Crippen LogP contribution in [0.15, 0.2) is 17.5 Å². The Bertz CT molecular complexity index is 210. The molecule has 0 bridgehead atoms. The summed E-state index contributed by atoms with van der Waals surface area (Å²) in [5.41, 5.74) is 0. The van der Waals surface area contributed by atoms with Gasteiger partial charge in [0.2, 0.25) is 5.90 Å². The summed E-state index contributed by atoms with van der Waals surface area (Å²) in [5, 5.41) is 9.27.